The molecule has 0 aromatic heterocycles. The lowest BCUT2D eigenvalue weighted by Gasteiger charge is -2.08. The van der Waals surface area contributed by atoms with Gasteiger partial charge in [0.25, 0.3) is 0 Å². The van der Waals surface area contributed by atoms with Crippen LogP contribution in [0.25, 0.3) is 0 Å². The maximum atomic E-state index is 11.2. The first-order chi connectivity index (χ1) is 4.86. The van der Waals surface area contributed by atoms with Crippen molar-refractivity contribution in [3.63, 3.8) is 0 Å². The van der Waals surface area contributed by atoms with Gasteiger partial charge in [-0.3, -0.25) is 0 Å². The molecule has 11 heavy (non-hydrogen) atoms. The molecule has 0 heterocycles. The van der Waals surface area contributed by atoms with E-state index in [2.05, 4.69) is 0 Å². The molecular weight excluding hydrogens is 162 g/mol. The summed E-state index contributed by atoms with van der Waals surface area (Å²) in [5.74, 6) is 0.211. The highest BCUT2D eigenvalue weighted by atomic mass is 32.2. The predicted octanol–water partition coefficient (Wildman–Crippen LogP) is 0.547. The third kappa shape index (κ3) is 4.37. The average Bonchev–Trinajstić information content (AvgIpc) is 1.84. The molecular formula is C7H17NO2S. The summed E-state index contributed by atoms with van der Waals surface area (Å²) in [6.45, 7) is 5.20. The third-order valence-electron chi connectivity index (χ3n) is 1.58. The van der Waals surface area contributed by atoms with Crippen LogP contribution in [0.2, 0.25) is 0 Å². The van der Waals surface area contributed by atoms with Gasteiger partial charge in [0.15, 0.2) is 9.84 Å². The first-order valence-corrected chi connectivity index (χ1v) is 5.55. The molecule has 0 radical (unpaired) electrons. The topological polar surface area (TPSA) is 60.2 Å². The molecule has 0 rings (SSSR count). The molecule has 0 amide bonds. The molecule has 2 N–H and O–H groups in total. The van der Waals surface area contributed by atoms with E-state index in [1.54, 1.807) is 13.8 Å². The summed E-state index contributed by atoms with van der Waals surface area (Å²) in [6.07, 6.45) is 0.556. The number of hydrogen-bond donors (Lipinski definition) is 1. The van der Waals surface area contributed by atoms with Gasteiger partial charge in [-0.25, -0.2) is 8.42 Å². The van der Waals surface area contributed by atoms with Gasteiger partial charge in [0.2, 0.25) is 0 Å². The largest absolute Gasteiger partial charge is 0.328 e. The van der Waals surface area contributed by atoms with Crippen LogP contribution in [0.5, 0.6) is 0 Å². The molecule has 4 heteroatoms. The Hall–Kier alpha value is -0.0900. The van der Waals surface area contributed by atoms with Crippen molar-refractivity contribution >= 4 is 9.84 Å². The zero-order valence-electron chi connectivity index (χ0n) is 7.37. The van der Waals surface area contributed by atoms with E-state index in [-0.39, 0.29) is 17.0 Å². The summed E-state index contributed by atoms with van der Waals surface area (Å²) in [4.78, 5) is 0. The Morgan fingerprint density at radius 2 is 1.73 bits per heavy atom. The van der Waals surface area contributed by atoms with Crippen molar-refractivity contribution in [1.82, 2.24) is 0 Å². The monoisotopic (exact) mass is 179 g/mol. The number of hydrogen-bond acceptors (Lipinski definition) is 3. The molecule has 0 aliphatic rings. The fourth-order valence-electron chi connectivity index (χ4n) is 0.586. The first-order valence-electron chi connectivity index (χ1n) is 3.83. The van der Waals surface area contributed by atoms with Crippen molar-refractivity contribution in [2.45, 2.75) is 38.5 Å². The lowest BCUT2D eigenvalue weighted by Crippen LogP contribution is -2.24. The molecule has 68 valence electrons. The molecule has 3 nitrogen and oxygen atoms in total. The summed E-state index contributed by atoms with van der Waals surface area (Å²) in [7, 11) is -2.87. The molecule has 0 bridgehead atoms. The van der Waals surface area contributed by atoms with E-state index in [1.807, 2.05) is 6.92 Å². The van der Waals surface area contributed by atoms with Crippen molar-refractivity contribution in [2.75, 3.05) is 5.75 Å². The van der Waals surface area contributed by atoms with Crippen LogP contribution >= 0.6 is 0 Å². The minimum Gasteiger partial charge on any atom is -0.328 e. The summed E-state index contributed by atoms with van der Waals surface area (Å²) in [5.41, 5.74) is 5.44. The minimum absolute atomic E-state index is 0.0245. The molecule has 0 aromatic rings. The van der Waals surface area contributed by atoms with Crippen LogP contribution in [-0.4, -0.2) is 25.5 Å². The highest BCUT2D eigenvalue weighted by Gasteiger charge is 2.15. The Balaban J connectivity index is 3.95. The van der Waals surface area contributed by atoms with Gasteiger partial charge in [-0.2, -0.15) is 0 Å². The van der Waals surface area contributed by atoms with Gasteiger partial charge in [-0.05, 0) is 27.2 Å². The molecule has 0 spiro atoms. The van der Waals surface area contributed by atoms with Gasteiger partial charge < -0.3 is 5.73 Å². The average molecular weight is 179 g/mol. The Morgan fingerprint density at radius 1 is 1.27 bits per heavy atom. The van der Waals surface area contributed by atoms with Crippen LogP contribution in [0.3, 0.4) is 0 Å². The third-order valence-corrected chi connectivity index (χ3v) is 3.82. The fraction of sp³-hybridized carbons (Fsp3) is 1.00. The van der Waals surface area contributed by atoms with Crippen molar-refractivity contribution in [3.8, 4) is 0 Å². The zero-order valence-corrected chi connectivity index (χ0v) is 8.19. The summed E-state index contributed by atoms with van der Waals surface area (Å²) < 4.78 is 22.4. The summed E-state index contributed by atoms with van der Waals surface area (Å²) in [6, 6.07) is -0.0245. The van der Waals surface area contributed by atoms with E-state index in [4.69, 9.17) is 5.73 Å². The van der Waals surface area contributed by atoms with Crippen LogP contribution in [-0.2, 0) is 9.84 Å². The second-order valence-corrected chi connectivity index (χ2v) is 5.86. The number of rotatable bonds is 4. The lowest BCUT2D eigenvalue weighted by atomic mass is 10.3. The van der Waals surface area contributed by atoms with E-state index >= 15 is 0 Å². The fourth-order valence-corrected chi connectivity index (χ4v) is 1.76. The molecule has 0 aromatic carbocycles. The first kappa shape index (κ1) is 10.9. The highest BCUT2D eigenvalue weighted by Crippen LogP contribution is 2.03. The van der Waals surface area contributed by atoms with Gasteiger partial charge in [-0.1, -0.05) is 0 Å². The second kappa shape index (κ2) is 4.07. The molecule has 1 atom stereocenters. The lowest BCUT2D eigenvalue weighted by molar-refractivity contribution is 0.579. The van der Waals surface area contributed by atoms with Crippen LogP contribution in [0.4, 0.5) is 0 Å². The van der Waals surface area contributed by atoms with E-state index in [1.165, 1.54) is 0 Å². The summed E-state index contributed by atoms with van der Waals surface area (Å²) >= 11 is 0. The quantitative estimate of drug-likeness (QED) is 0.685. The van der Waals surface area contributed by atoms with Crippen LogP contribution in [0.1, 0.15) is 27.2 Å². The van der Waals surface area contributed by atoms with E-state index in [0.29, 0.717) is 6.42 Å². The SMILES string of the molecule is CC(C)S(=O)(=O)CC[C@H](C)N. The zero-order chi connectivity index (χ0) is 9.07. The standard InChI is InChI=1S/C7H17NO2S/c1-6(2)11(9,10)5-4-7(3)8/h6-7H,4-5,8H2,1-3H3/t7-/m0/s1. The van der Waals surface area contributed by atoms with E-state index in [0.717, 1.165) is 0 Å². The van der Waals surface area contributed by atoms with Crippen molar-refractivity contribution in [1.29, 1.82) is 0 Å². The maximum absolute atomic E-state index is 11.2. The molecule has 0 saturated carbocycles. The second-order valence-electron chi connectivity index (χ2n) is 3.18. The molecule has 0 saturated heterocycles. The van der Waals surface area contributed by atoms with Gasteiger partial charge in [0.1, 0.15) is 0 Å². The van der Waals surface area contributed by atoms with Gasteiger partial charge >= 0.3 is 0 Å². The summed E-state index contributed by atoms with van der Waals surface area (Å²) in [5, 5.41) is -0.277. The van der Waals surface area contributed by atoms with Gasteiger partial charge in [0.05, 0.1) is 11.0 Å². The number of nitrogens with two attached hydrogens (primary N) is 1. The minimum atomic E-state index is -2.87. The van der Waals surface area contributed by atoms with Crippen molar-refractivity contribution in [3.05, 3.63) is 0 Å². The Morgan fingerprint density at radius 3 is 2.00 bits per heavy atom. The normalized spacial score (nSPS) is 15.4. The highest BCUT2D eigenvalue weighted by molar-refractivity contribution is 7.91. The number of sulfone groups is 1. The molecule has 0 unspecified atom stereocenters. The molecule has 0 aliphatic heterocycles. The van der Waals surface area contributed by atoms with Gasteiger partial charge in [-0.15, -0.1) is 0 Å². The predicted molar refractivity (Wildman–Crippen MR) is 47.2 cm³/mol. The van der Waals surface area contributed by atoms with Crippen LogP contribution in [0.15, 0.2) is 0 Å². The van der Waals surface area contributed by atoms with Crippen molar-refractivity contribution in [2.24, 2.45) is 5.73 Å². The maximum Gasteiger partial charge on any atom is 0.152 e. The van der Waals surface area contributed by atoms with Crippen LogP contribution in [0, 0.1) is 0 Å². The Bertz CT molecular complexity index is 194. The van der Waals surface area contributed by atoms with Crippen molar-refractivity contribution < 1.29 is 8.42 Å². The van der Waals surface area contributed by atoms with E-state index < -0.39 is 9.84 Å². The van der Waals surface area contributed by atoms with Crippen LogP contribution < -0.4 is 5.73 Å². The van der Waals surface area contributed by atoms with E-state index in [9.17, 15) is 8.42 Å². The Kier molecular flexibility index (Phi) is 4.03. The molecule has 0 fully saturated rings. The van der Waals surface area contributed by atoms with Gasteiger partial charge in [0, 0.05) is 6.04 Å². The molecule has 0 aliphatic carbocycles. The Labute approximate surface area is 68.9 Å². The smallest absolute Gasteiger partial charge is 0.152 e.